The minimum Gasteiger partial charge on any atom is -0.395 e. The fraction of sp³-hybridized carbons (Fsp3) is 1.00. The Morgan fingerprint density at radius 1 is 0.474 bits per heavy atom. The van der Waals surface area contributed by atoms with E-state index in [0.717, 1.165) is 35.0 Å². The van der Waals surface area contributed by atoms with Crippen LogP contribution in [-0.2, 0) is 55.7 Å². The first-order valence-corrected chi connectivity index (χ1v) is 25.0. The van der Waals surface area contributed by atoms with Gasteiger partial charge in [0.05, 0.1) is 0 Å². The van der Waals surface area contributed by atoms with Crippen LogP contribution in [0, 0.1) is 0 Å². The number of hydrogen-bond acceptors (Lipinski definition) is 18. The van der Waals surface area contributed by atoms with Crippen molar-refractivity contribution in [3.8, 4) is 0 Å². The summed E-state index contributed by atoms with van der Waals surface area (Å²) < 4.78 is 70.1. The van der Waals surface area contributed by atoms with Crippen molar-refractivity contribution in [2.75, 3.05) is 48.8 Å². The Kier molecular flexibility index (Phi) is 15.6. The van der Waals surface area contributed by atoms with Crippen LogP contribution in [0.4, 0.5) is 0 Å². The highest BCUT2D eigenvalue weighted by Crippen LogP contribution is 2.31. The van der Waals surface area contributed by atoms with Crippen molar-refractivity contribution in [2.45, 2.75) is 40.0 Å². The van der Waals surface area contributed by atoms with E-state index in [1.165, 1.54) is 14.0 Å². The predicted molar refractivity (Wildman–Crippen MR) is 140 cm³/mol. The van der Waals surface area contributed by atoms with E-state index in [0.29, 0.717) is 0 Å². The summed E-state index contributed by atoms with van der Waals surface area (Å²) in [5.74, 6) is 0. The second-order valence-electron chi connectivity index (χ2n) is 8.09. The third-order valence-corrected chi connectivity index (χ3v) is 22.8. The smallest absolute Gasteiger partial charge is 0.395 e. The molecule has 0 amide bonds. The van der Waals surface area contributed by atoms with Gasteiger partial charge in [-0.3, -0.25) is 0 Å². The van der Waals surface area contributed by atoms with Gasteiger partial charge in [-0.1, -0.05) is 0 Å². The molecule has 0 aliphatic carbocycles. The van der Waals surface area contributed by atoms with Gasteiger partial charge in [-0.2, -0.15) is 0 Å². The maximum Gasteiger partial charge on any atom is 0.669 e. The van der Waals surface area contributed by atoms with Crippen LogP contribution in [0.25, 0.3) is 0 Å². The van der Waals surface area contributed by atoms with Gasteiger partial charge in [-0.25, -0.2) is 0 Å². The first-order valence-electron chi connectivity index (χ1n) is 11.0. The Morgan fingerprint density at radius 3 is 1.32 bits per heavy atom. The summed E-state index contributed by atoms with van der Waals surface area (Å²) in [6.07, 6.45) is 0. The van der Waals surface area contributed by atoms with Crippen LogP contribution >= 0.6 is 0 Å². The van der Waals surface area contributed by atoms with Crippen LogP contribution in [0.3, 0.4) is 0 Å². The van der Waals surface area contributed by atoms with E-state index in [2.05, 4.69) is 8.85 Å². The van der Waals surface area contributed by atoms with Crippen molar-refractivity contribution in [1.29, 1.82) is 0 Å². The summed E-state index contributed by atoms with van der Waals surface area (Å²) in [6.45, 7) is 9.53. The van der Waals surface area contributed by atoms with Gasteiger partial charge in [0.15, 0.2) is 8.32 Å². The molecule has 0 aliphatic heterocycles. The number of rotatable bonds is 21. The van der Waals surface area contributed by atoms with Gasteiger partial charge in [-0.05, 0) is 33.5 Å². The van der Waals surface area contributed by atoms with Gasteiger partial charge in [0.1, 0.15) is 0 Å². The second kappa shape index (κ2) is 15.3. The molecule has 0 radical (unpaired) electrons. The first-order chi connectivity index (χ1) is 17.2. The van der Waals surface area contributed by atoms with E-state index >= 15 is 0 Å². The van der Waals surface area contributed by atoms with Crippen LogP contribution in [0.15, 0.2) is 0 Å². The molecule has 5 N–H and O–H groups in total. The van der Waals surface area contributed by atoms with Gasteiger partial charge in [0.25, 0.3) is 0 Å². The predicted octanol–water partition coefficient (Wildman–Crippen LogP) is -2.07. The Hall–Kier alpha value is 0.798. The summed E-state index contributed by atoms with van der Waals surface area (Å²) >= 11 is 0. The molecule has 0 aromatic heterocycles. The lowest BCUT2D eigenvalue weighted by Gasteiger charge is -2.42. The topological polar surface area (TPSA) is 221 Å². The Bertz CT molecular complexity index is 704. The standard InChI is InChI=1S/C13H42O18Si7/c1-12-24-36(18,21-5)28-33(11,27-34(14,15)19-3)29-38(23-7,30-35(16,17)20-4)31-37(22-6,25-13-2)26-32(8,9)10/h14-18H,12-13H2,1-11H3. The SMILES string of the molecule is CCO[Si](O)(OC)O[Si](C)(O[Si](O)(O)OC)O[Si](OC)(O[Si](O)(O)OC)O[Si](OC)(OCC)O[Si](C)(C)C. The van der Waals surface area contributed by atoms with Crippen molar-refractivity contribution in [3.63, 3.8) is 0 Å². The molecule has 230 valence electrons. The molecule has 18 nitrogen and oxygen atoms in total. The van der Waals surface area contributed by atoms with Crippen molar-refractivity contribution in [3.05, 3.63) is 0 Å². The summed E-state index contributed by atoms with van der Waals surface area (Å²) in [5.41, 5.74) is 0. The zero-order valence-corrected chi connectivity index (χ0v) is 30.5. The third-order valence-electron chi connectivity index (χ3n) is 3.82. The first kappa shape index (κ1) is 38.8. The van der Waals surface area contributed by atoms with E-state index in [-0.39, 0.29) is 13.2 Å². The molecule has 4 unspecified atom stereocenters. The lowest BCUT2D eigenvalue weighted by molar-refractivity contribution is -0.0377. The summed E-state index contributed by atoms with van der Waals surface area (Å²) in [4.78, 5) is 51.9. The molecule has 0 spiro atoms. The molecule has 0 rings (SSSR count). The summed E-state index contributed by atoms with van der Waals surface area (Å²) in [6, 6.07) is 0. The summed E-state index contributed by atoms with van der Waals surface area (Å²) in [7, 11) is -26.1. The Morgan fingerprint density at radius 2 is 0.947 bits per heavy atom. The van der Waals surface area contributed by atoms with E-state index in [9.17, 15) is 24.0 Å². The Labute approximate surface area is 230 Å². The van der Waals surface area contributed by atoms with Gasteiger partial charge in [0.2, 0.25) is 0 Å². The molecule has 0 aromatic rings. The molecule has 0 bridgehead atoms. The molecule has 0 aliphatic rings. The normalized spacial score (nSPS) is 19.9. The zero-order valence-electron chi connectivity index (χ0n) is 23.5. The van der Waals surface area contributed by atoms with E-state index in [4.69, 9.17) is 46.8 Å². The van der Waals surface area contributed by atoms with Crippen molar-refractivity contribution >= 4 is 62.4 Å². The summed E-state index contributed by atoms with van der Waals surface area (Å²) in [5, 5.41) is 0. The molecule has 4 atom stereocenters. The van der Waals surface area contributed by atoms with Gasteiger partial charge in [-0.15, -0.1) is 0 Å². The average molecular weight is 683 g/mol. The van der Waals surface area contributed by atoms with Crippen LogP contribution < -0.4 is 0 Å². The zero-order chi connectivity index (χ0) is 30.1. The molecule has 25 heteroatoms. The largest absolute Gasteiger partial charge is 0.669 e. The molecule has 0 heterocycles. The minimum absolute atomic E-state index is 0.0131. The van der Waals surface area contributed by atoms with Crippen LogP contribution in [-0.4, -0.2) is 135 Å². The van der Waals surface area contributed by atoms with Crippen molar-refractivity contribution in [1.82, 2.24) is 0 Å². The maximum atomic E-state index is 10.8. The highest BCUT2D eigenvalue weighted by molar-refractivity contribution is 6.86. The highest BCUT2D eigenvalue weighted by Gasteiger charge is 2.69. The Balaban J connectivity index is 7.01. The second-order valence-corrected chi connectivity index (χ2v) is 26.8. The van der Waals surface area contributed by atoms with Crippen molar-refractivity contribution in [2.24, 2.45) is 0 Å². The van der Waals surface area contributed by atoms with Crippen LogP contribution in [0.2, 0.25) is 26.2 Å². The van der Waals surface area contributed by atoms with Gasteiger partial charge in [0, 0.05) is 55.3 Å². The molecular formula is C13H42O18Si7. The van der Waals surface area contributed by atoms with Crippen LogP contribution in [0.1, 0.15) is 13.8 Å². The molecule has 0 aromatic carbocycles. The quantitative estimate of drug-likeness (QED) is 0.0821. The monoisotopic (exact) mass is 682 g/mol. The molecular weight excluding hydrogens is 641 g/mol. The molecule has 0 saturated carbocycles. The molecule has 0 saturated heterocycles. The lowest BCUT2D eigenvalue weighted by Crippen LogP contribution is -2.72. The maximum absolute atomic E-state index is 10.8. The molecule has 0 fully saturated rings. The fourth-order valence-electron chi connectivity index (χ4n) is 2.44. The number of hydrogen-bond donors (Lipinski definition) is 5. The van der Waals surface area contributed by atoms with E-state index in [1.807, 2.05) is 0 Å². The molecule has 38 heavy (non-hydrogen) atoms. The lowest BCUT2D eigenvalue weighted by atomic mass is 10.9. The van der Waals surface area contributed by atoms with Gasteiger partial charge >= 0.3 is 54.0 Å². The van der Waals surface area contributed by atoms with Crippen LogP contribution in [0.5, 0.6) is 0 Å². The average Bonchev–Trinajstić information content (AvgIpc) is 2.77. The van der Waals surface area contributed by atoms with Gasteiger partial charge < -0.3 is 79.7 Å². The van der Waals surface area contributed by atoms with Crippen molar-refractivity contribution < 1.29 is 79.7 Å². The fourth-order valence-corrected chi connectivity index (χ4v) is 21.7. The minimum atomic E-state index is -5.10. The highest BCUT2D eigenvalue weighted by atomic mass is 28.6. The third kappa shape index (κ3) is 13.2. The van der Waals surface area contributed by atoms with E-state index < -0.39 is 62.4 Å². The van der Waals surface area contributed by atoms with E-state index in [1.54, 1.807) is 26.6 Å².